The van der Waals surface area contributed by atoms with Crippen LogP contribution in [-0.2, 0) is 6.42 Å². The number of quaternary nitrogens is 1. The van der Waals surface area contributed by atoms with Crippen molar-refractivity contribution >= 4 is 23.2 Å². The lowest BCUT2D eigenvalue weighted by Crippen LogP contribution is -2.63. The molecule has 0 radical (unpaired) electrons. The molecule has 260 valence electrons. The SMILES string of the molecule is CCCCc1nc(-c2ccc(OCCC[N+](CC)(CC)C(CCO)N(CC)CC)cc2)cn1-c1ccc(Oc2ccc(Cl)c(Cl)c2)cc1. The Hall–Kier alpha value is -3.07. The van der Waals surface area contributed by atoms with Crippen molar-refractivity contribution in [1.29, 1.82) is 0 Å². The van der Waals surface area contributed by atoms with Crippen LogP contribution in [0.1, 0.15) is 66.1 Å². The molecule has 1 unspecified atom stereocenters. The van der Waals surface area contributed by atoms with Crippen LogP contribution >= 0.6 is 23.2 Å². The number of aliphatic hydroxyl groups is 1. The topological polar surface area (TPSA) is 59.8 Å². The van der Waals surface area contributed by atoms with Crippen LogP contribution in [0.3, 0.4) is 0 Å². The third kappa shape index (κ3) is 9.54. The number of aryl methyl sites for hydroxylation is 1. The highest BCUT2D eigenvalue weighted by atomic mass is 35.5. The van der Waals surface area contributed by atoms with E-state index in [1.165, 1.54) is 0 Å². The highest BCUT2D eigenvalue weighted by Crippen LogP contribution is 2.31. The van der Waals surface area contributed by atoms with E-state index >= 15 is 0 Å². The number of nitrogens with zero attached hydrogens (tertiary/aromatic N) is 4. The van der Waals surface area contributed by atoms with E-state index in [0.717, 1.165) is 97.8 Å². The van der Waals surface area contributed by atoms with E-state index < -0.39 is 0 Å². The van der Waals surface area contributed by atoms with Crippen molar-refractivity contribution in [2.75, 3.05) is 45.9 Å². The van der Waals surface area contributed by atoms with Crippen LogP contribution in [0.4, 0.5) is 0 Å². The van der Waals surface area contributed by atoms with Gasteiger partial charge in [0.15, 0.2) is 0 Å². The molecular weight excluding hydrogens is 643 g/mol. The predicted octanol–water partition coefficient (Wildman–Crippen LogP) is 9.66. The molecule has 0 saturated heterocycles. The van der Waals surface area contributed by atoms with E-state index in [-0.39, 0.29) is 6.61 Å². The van der Waals surface area contributed by atoms with Gasteiger partial charge in [-0.2, -0.15) is 0 Å². The Morgan fingerprint density at radius 3 is 2.10 bits per heavy atom. The number of imidazole rings is 1. The van der Waals surface area contributed by atoms with E-state index in [0.29, 0.717) is 34.3 Å². The molecule has 0 aliphatic heterocycles. The Bertz CT molecular complexity index is 1530. The highest BCUT2D eigenvalue weighted by molar-refractivity contribution is 6.42. The summed E-state index contributed by atoms with van der Waals surface area (Å²) in [6.45, 7) is 17.1. The predicted molar refractivity (Wildman–Crippen MR) is 199 cm³/mol. The van der Waals surface area contributed by atoms with Crippen LogP contribution < -0.4 is 9.47 Å². The molecule has 1 N–H and O–H groups in total. The summed E-state index contributed by atoms with van der Waals surface area (Å²) in [4.78, 5) is 7.55. The first-order valence-electron chi connectivity index (χ1n) is 17.6. The number of unbranched alkanes of at least 4 members (excludes halogenated alkanes) is 1. The third-order valence-electron chi connectivity index (χ3n) is 9.45. The van der Waals surface area contributed by atoms with Gasteiger partial charge in [-0.3, -0.25) is 4.90 Å². The first-order chi connectivity index (χ1) is 23.3. The molecule has 48 heavy (non-hydrogen) atoms. The lowest BCUT2D eigenvalue weighted by atomic mass is 10.1. The van der Waals surface area contributed by atoms with Crippen LogP contribution in [0, 0.1) is 0 Å². The van der Waals surface area contributed by atoms with Crippen LogP contribution in [0.2, 0.25) is 10.0 Å². The normalized spacial score (nSPS) is 12.4. The zero-order valence-corrected chi connectivity index (χ0v) is 30.8. The Balaban J connectivity index is 1.42. The van der Waals surface area contributed by atoms with Gasteiger partial charge in [0.1, 0.15) is 29.2 Å². The minimum Gasteiger partial charge on any atom is -0.493 e. The standard InChI is InChI=1S/C39H53Cl2N4O3/c1-6-11-13-38-42-37(29-44(38)31-16-20-33(21-17-31)48-34-22-23-35(40)36(41)28-34)30-14-18-32(19-15-30)47-27-12-25-45(9-4,10-5)39(24-26-46)43(7-2)8-3/h14-23,28-29,39,46H,6-13,24-27H2,1-5H3/q+1. The Labute approximate surface area is 297 Å². The van der Waals surface area contributed by atoms with Crippen molar-refractivity contribution in [3.05, 3.63) is 88.8 Å². The molecule has 0 fully saturated rings. The first kappa shape index (κ1) is 37.7. The maximum atomic E-state index is 9.86. The fourth-order valence-electron chi connectivity index (χ4n) is 6.61. The number of ether oxygens (including phenoxy) is 2. The van der Waals surface area contributed by atoms with Crippen molar-refractivity contribution in [3.8, 4) is 34.2 Å². The maximum Gasteiger partial charge on any atom is 0.147 e. The summed E-state index contributed by atoms with van der Waals surface area (Å²) >= 11 is 12.2. The molecular formula is C39H53Cl2N4O3+. The van der Waals surface area contributed by atoms with Gasteiger partial charge < -0.3 is 23.6 Å². The van der Waals surface area contributed by atoms with Crippen LogP contribution in [0.15, 0.2) is 72.9 Å². The molecule has 4 rings (SSSR count). The molecule has 1 aromatic heterocycles. The average molecular weight is 697 g/mol. The van der Waals surface area contributed by atoms with Gasteiger partial charge in [-0.15, -0.1) is 0 Å². The molecule has 0 saturated carbocycles. The Kier molecular flexibility index (Phi) is 14.6. The second kappa shape index (κ2) is 18.6. The number of hydrogen-bond donors (Lipinski definition) is 1. The zero-order chi connectivity index (χ0) is 34.5. The smallest absolute Gasteiger partial charge is 0.147 e. The molecule has 1 atom stereocenters. The van der Waals surface area contributed by atoms with Crippen molar-refractivity contribution in [1.82, 2.24) is 14.5 Å². The summed E-state index contributed by atoms with van der Waals surface area (Å²) in [5, 5.41) is 10.8. The second-order valence-electron chi connectivity index (χ2n) is 12.2. The van der Waals surface area contributed by atoms with Gasteiger partial charge in [0.05, 0.1) is 48.6 Å². The summed E-state index contributed by atoms with van der Waals surface area (Å²) in [5.41, 5.74) is 3.01. The number of rotatable bonds is 20. The number of aliphatic hydroxyl groups excluding tert-OH is 1. The summed E-state index contributed by atoms with van der Waals surface area (Å²) in [5.74, 6) is 3.24. The summed E-state index contributed by atoms with van der Waals surface area (Å²) in [6, 6.07) is 21.5. The zero-order valence-electron chi connectivity index (χ0n) is 29.3. The lowest BCUT2D eigenvalue weighted by molar-refractivity contribution is -0.959. The molecule has 7 nitrogen and oxygen atoms in total. The fourth-order valence-corrected chi connectivity index (χ4v) is 6.90. The van der Waals surface area contributed by atoms with E-state index in [9.17, 15) is 5.11 Å². The van der Waals surface area contributed by atoms with Crippen LogP contribution in [-0.4, -0.2) is 76.1 Å². The summed E-state index contributed by atoms with van der Waals surface area (Å²) < 4.78 is 15.4. The largest absolute Gasteiger partial charge is 0.493 e. The quantitative estimate of drug-likeness (QED) is 0.0567. The number of aromatic nitrogens is 2. The van der Waals surface area contributed by atoms with E-state index in [1.807, 2.05) is 36.4 Å². The van der Waals surface area contributed by atoms with E-state index in [1.54, 1.807) is 18.2 Å². The van der Waals surface area contributed by atoms with Crippen LogP contribution in [0.5, 0.6) is 17.2 Å². The van der Waals surface area contributed by atoms with Gasteiger partial charge in [0.2, 0.25) is 0 Å². The number of halogens is 2. The van der Waals surface area contributed by atoms with E-state index in [2.05, 4.69) is 62.4 Å². The molecule has 9 heteroatoms. The minimum absolute atomic E-state index is 0.213. The number of benzene rings is 3. The molecule has 0 spiro atoms. The minimum atomic E-state index is 0.213. The molecule has 0 bridgehead atoms. The molecule has 1 heterocycles. The Morgan fingerprint density at radius 2 is 1.50 bits per heavy atom. The molecule has 4 aromatic rings. The van der Waals surface area contributed by atoms with Crippen molar-refractivity contribution in [2.24, 2.45) is 0 Å². The summed E-state index contributed by atoms with van der Waals surface area (Å²) in [6.07, 6.45) is 7.23. The third-order valence-corrected chi connectivity index (χ3v) is 10.2. The molecule has 0 amide bonds. The monoisotopic (exact) mass is 695 g/mol. The highest BCUT2D eigenvalue weighted by Gasteiger charge is 2.36. The van der Waals surface area contributed by atoms with Gasteiger partial charge in [0, 0.05) is 55.9 Å². The van der Waals surface area contributed by atoms with Crippen molar-refractivity contribution < 1.29 is 19.1 Å². The van der Waals surface area contributed by atoms with Crippen molar-refractivity contribution in [3.63, 3.8) is 0 Å². The Morgan fingerprint density at radius 1 is 0.833 bits per heavy atom. The summed E-state index contributed by atoms with van der Waals surface area (Å²) in [7, 11) is 0. The van der Waals surface area contributed by atoms with Gasteiger partial charge in [-0.25, -0.2) is 4.98 Å². The molecule has 3 aromatic carbocycles. The van der Waals surface area contributed by atoms with Gasteiger partial charge in [0.25, 0.3) is 0 Å². The van der Waals surface area contributed by atoms with Crippen LogP contribution in [0.25, 0.3) is 16.9 Å². The molecule has 0 aliphatic carbocycles. The fraction of sp³-hybridized carbons (Fsp3) is 0.462. The second-order valence-corrected chi connectivity index (χ2v) is 13.0. The van der Waals surface area contributed by atoms with Gasteiger partial charge in [-0.1, -0.05) is 50.4 Å². The number of hydrogen-bond acceptors (Lipinski definition) is 5. The van der Waals surface area contributed by atoms with Gasteiger partial charge in [-0.05, 0) is 80.9 Å². The lowest BCUT2D eigenvalue weighted by Gasteiger charge is -2.48. The van der Waals surface area contributed by atoms with Crippen molar-refractivity contribution in [2.45, 2.75) is 72.9 Å². The maximum absolute atomic E-state index is 9.86. The van der Waals surface area contributed by atoms with E-state index in [4.69, 9.17) is 37.7 Å². The molecule has 0 aliphatic rings. The average Bonchev–Trinajstić information content (AvgIpc) is 3.54. The first-order valence-corrected chi connectivity index (χ1v) is 18.3. The van der Waals surface area contributed by atoms with Gasteiger partial charge >= 0.3 is 0 Å².